The van der Waals surface area contributed by atoms with Gasteiger partial charge in [-0.1, -0.05) is 77.6 Å². The van der Waals surface area contributed by atoms with Crippen LogP contribution in [0.3, 0.4) is 0 Å². The summed E-state index contributed by atoms with van der Waals surface area (Å²) in [4.78, 5) is 12.5. The molecule has 0 atom stereocenters. The number of ether oxygens (including phenoxy) is 1. The predicted octanol–water partition coefficient (Wildman–Crippen LogP) is 7.33. The van der Waals surface area contributed by atoms with E-state index in [1.807, 2.05) is 23.6 Å². The van der Waals surface area contributed by atoms with E-state index in [1.165, 1.54) is 28.5 Å². The number of rotatable bonds is 14. The van der Waals surface area contributed by atoms with Crippen LogP contribution in [0.15, 0.2) is 47.6 Å². The maximum absolute atomic E-state index is 12.5. The van der Waals surface area contributed by atoms with Gasteiger partial charge in [0.1, 0.15) is 11.6 Å². The summed E-state index contributed by atoms with van der Waals surface area (Å²) in [7, 11) is 0. The van der Waals surface area contributed by atoms with Gasteiger partial charge in [-0.05, 0) is 79.7 Å². The molecule has 212 valence electrons. The molecule has 0 bridgehead atoms. The molecule has 0 spiro atoms. The molecule has 0 unspecified atom stereocenters. The van der Waals surface area contributed by atoms with E-state index in [4.69, 9.17) is 4.74 Å². The van der Waals surface area contributed by atoms with E-state index in [2.05, 4.69) is 94.3 Å². The van der Waals surface area contributed by atoms with E-state index in [0.717, 1.165) is 48.1 Å². The highest BCUT2D eigenvalue weighted by Crippen LogP contribution is 2.38. The average Bonchev–Trinajstić information content (AvgIpc) is 3.29. The van der Waals surface area contributed by atoms with Crippen molar-refractivity contribution in [3.8, 4) is 11.4 Å². The van der Waals surface area contributed by atoms with Crippen LogP contribution >= 0.6 is 11.8 Å². The van der Waals surface area contributed by atoms with Gasteiger partial charge < -0.3 is 10.1 Å². The largest absolute Gasteiger partial charge is 0.493 e. The van der Waals surface area contributed by atoms with Gasteiger partial charge in [0.2, 0.25) is 5.91 Å². The van der Waals surface area contributed by atoms with Crippen LogP contribution in [0, 0.1) is 13.8 Å². The second-order valence-electron chi connectivity index (χ2n) is 11.6. The highest BCUT2D eigenvalue weighted by Gasteiger charge is 2.26. The fourth-order valence-electron chi connectivity index (χ4n) is 4.32. The Kier molecular flexibility index (Phi) is 10.6. The SMILES string of the molecule is CCC(C)(C)c1ccc(OCCCCNC(=O)CSc2nnc(C)n2-c2cccc(C)c2)c(C(C)(C)CC)c1. The van der Waals surface area contributed by atoms with E-state index in [9.17, 15) is 4.79 Å². The zero-order chi connectivity index (χ0) is 28.6. The molecule has 3 rings (SSSR count). The number of hydrogen-bond donors (Lipinski definition) is 1. The lowest BCUT2D eigenvalue weighted by Gasteiger charge is -2.30. The van der Waals surface area contributed by atoms with Crippen LogP contribution < -0.4 is 10.1 Å². The molecule has 7 heteroatoms. The minimum atomic E-state index is -0.00141. The Morgan fingerprint density at radius 2 is 1.72 bits per heavy atom. The van der Waals surface area contributed by atoms with E-state index < -0.39 is 0 Å². The number of thioether (sulfide) groups is 1. The number of hydrogen-bond acceptors (Lipinski definition) is 5. The van der Waals surface area contributed by atoms with Crippen molar-refractivity contribution in [1.82, 2.24) is 20.1 Å². The summed E-state index contributed by atoms with van der Waals surface area (Å²) >= 11 is 1.41. The van der Waals surface area contributed by atoms with Crippen LogP contribution in [-0.4, -0.2) is 39.6 Å². The van der Waals surface area contributed by atoms with Crippen molar-refractivity contribution in [3.63, 3.8) is 0 Å². The van der Waals surface area contributed by atoms with Crippen LogP contribution in [0.5, 0.6) is 5.75 Å². The van der Waals surface area contributed by atoms with Crippen molar-refractivity contribution in [2.75, 3.05) is 18.9 Å². The lowest BCUT2D eigenvalue weighted by molar-refractivity contribution is -0.118. The Balaban J connectivity index is 1.46. The van der Waals surface area contributed by atoms with Crippen LogP contribution in [0.25, 0.3) is 5.69 Å². The molecule has 1 amide bonds. The highest BCUT2D eigenvalue weighted by molar-refractivity contribution is 7.99. The first kappa shape index (κ1) is 30.7. The van der Waals surface area contributed by atoms with Crippen LogP contribution in [0.4, 0.5) is 0 Å². The van der Waals surface area contributed by atoms with Crippen molar-refractivity contribution < 1.29 is 9.53 Å². The lowest BCUT2D eigenvalue weighted by Crippen LogP contribution is -2.26. The van der Waals surface area contributed by atoms with Gasteiger partial charge in [-0.2, -0.15) is 0 Å². The third-order valence-corrected chi connectivity index (χ3v) is 8.73. The van der Waals surface area contributed by atoms with Crippen molar-refractivity contribution >= 4 is 17.7 Å². The monoisotopic (exact) mass is 550 g/mol. The molecule has 2 aromatic carbocycles. The molecule has 0 saturated heterocycles. The highest BCUT2D eigenvalue weighted by atomic mass is 32.2. The molecule has 1 aromatic heterocycles. The summed E-state index contributed by atoms with van der Waals surface area (Å²) in [5.41, 5.74) is 5.01. The number of benzene rings is 2. The Morgan fingerprint density at radius 1 is 0.974 bits per heavy atom. The lowest BCUT2D eigenvalue weighted by atomic mass is 9.76. The molecular formula is C32H46N4O2S. The summed E-state index contributed by atoms with van der Waals surface area (Å²) in [5, 5.41) is 12.2. The molecule has 1 heterocycles. The molecule has 0 fully saturated rings. The van der Waals surface area contributed by atoms with E-state index >= 15 is 0 Å². The molecule has 0 aliphatic rings. The normalized spacial score (nSPS) is 12.0. The molecule has 0 saturated carbocycles. The van der Waals surface area contributed by atoms with Gasteiger partial charge in [-0.3, -0.25) is 9.36 Å². The summed E-state index contributed by atoms with van der Waals surface area (Å²) < 4.78 is 8.26. The topological polar surface area (TPSA) is 69.0 Å². The standard InChI is InChI=1S/C32H46N4O2S/c1-9-31(5,6)25-16-17-28(27(21-25)32(7,8)10-2)38-19-12-11-18-33-29(37)22-39-30-35-34-24(4)36(30)26-15-13-14-23(3)20-26/h13-17,20-21H,9-12,18-19,22H2,1-8H3,(H,33,37). The van der Waals surface area contributed by atoms with Gasteiger partial charge in [0.05, 0.1) is 12.4 Å². The second kappa shape index (κ2) is 13.5. The molecule has 1 N–H and O–H groups in total. The maximum atomic E-state index is 12.5. The molecule has 0 radical (unpaired) electrons. The maximum Gasteiger partial charge on any atom is 0.230 e. The summed E-state index contributed by atoms with van der Waals surface area (Å²) in [6, 6.07) is 14.9. The van der Waals surface area contributed by atoms with Crippen molar-refractivity contribution in [1.29, 1.82) is 0 Å². The van der Waals surface area contributed by atoms with Gasteiger partial charge in [0.15, 0.2) is 5.16 Å². The van der Waals surface area contributed by atoms with Gasteiger partial charge in [0.25, 0.3) is 0 Å². The summed E-state index contributed by atoms with van der Waals surface area (Å²) in [6.07, 6.45) is 3.88. The number of aromatic nitrogens is 3. The first-order valence-electron chi connectivity index (χ1n) is 14.1. The molecular weight excluding hydrogens is 504 g/mol. The van der Waals surface area contributed by atoms with Gasteiger partial charge in [-0.25, -0.2) is 0 Å². The third-order valence-electron chi connectivity index (χ3n) is 7.80. The van der Waals surface area contributed by atoms with Gasteiger partial charge in [0, 0.05) is 17.8 Å². The number of carbonyl (C=O) groups excluding carboxylic acids is 1. The smallest absolute Gasteiger partial charge is 0.230 e. The number of carbonyl (C=O) groups is 1. The fraction of sp³-hybridized carbons (Fsp3) is 0.531. The predicted molar refractivity (Wildman–Crippen MR) is 162 cm³/mol. The molecule has 39 heavy (non-hydrogen) atoms. The first-order chi connectivity index (χ1) is 18.5. The zero-order valence-electron chi connectivity index (χ0n) is 25.1. The zero-order valence-corrected chi connectivity index (χ0v) is 25.9. The Labute approximate surface area is 239 Å². The van der Waals surface area contributed by atoms with Gasteiger partial charge in [-0.15, -0.1) is 10.2 Å². The minimum Gasteiger partial charge on any atom is -0.493 e. The number of nitrogens with zero attached hydrogens (tertiary/aromatic N) is 3. The average molecular weight is 551 g/mol. The van der Waals surface area contributed by atoms with E-state index in [1.54, 1.807) is 0 Å². The third kappa shape index (κ3) is 8.10. The number of aryl methyl sites for hydroxylation is 2. The number of amides is 1. The summed E-state index contributed by atoms with van der Waals surface area (Å²) in [5.74, 6) is 2.08. The molecule has 0 aliphatic heterocycles. The van der Waals surface area contributed by atoms with Crippen LogP contribution in [0.2, 0.25) is 0 Å². The Morgan fingerprint density at radius 3 is 2.41 bits per heavy atom. The number of nitrogens with one attached hydrogen (secondary N) is 1. The van der Waals surface area contributed by atoms with Gasteiger partial charge >= 0.3 is 0 Å². The minimum absolute atomic E-state index is 0.00141. The second-order valence-corrected chi connectivity index (χ2v) is 12.5. The molecule has 3 aromatic rings. The molecule has 0 aliphatic carbocycles. The Bertz CT molecular complexity index is 1250. The molecule has 6 nitrogen and oxygen atoms in total. The summed E-state index contributed by atoms with van der Waals surface area (Å²) in [6.45, 7) is 18.9. The van der Waals surface area contributed by atoms with Crippen LogP contribution in [0.1, 0.15) is 89.7 Å². The quantitative estimate of drug-likeness (QED) is 0.168. The van der Waals surface area contributed by atoms with Crippen molar-refractivity contribution in [3.05, 3.63) is 65.0 Å². The van der Waals surface area contributed by atoms with Crippen molar-refractivity contribution in [2.45, 2.75) is 97.1 Å². The van der Waals surface area contributed by atoms with E-state index in [-0.39, 0.29) is 16.7 Å². The number of unbranched alkanes of at least 4 members (excludes halogenated alkanes) is 1. The van der Waals surface area contributed by atoms with E-state index in [0.29, 0.717) is 18.9 Å². The first-order valence-corrected chi connectivity index (χ1v) is 15.1. The fourth-order valence-corrected chi connectivity index (χ4v) is 5.15. The van der Waals surface area contributed by atoms with Crippen molar-refractivity contribution in [2.24, 2.45) is 0 Å². The van der Waals surface area contributed by atoms with Crippen LogP contribution in [-0.2, 0) is 15.6 Å². The Hall–Kier alpha value is -2.80.